The van der Waals surface area contributed by atoms with Gasteiger partial charge in [0.1, 0.15) is 5.82 Å². The first-order valence-electron chi connectivity index (χ1n) is 7.08. The number of anilines is 1. The Labute approximate surface area is 141 Å². The molecule has 0 radical (unpaired) electrons. The van der Waals surface area contributed by atoms with E-state index in [9.17, 15) is 13.2 Å². The summed E-state index contributed by atoms with van der Waals surface area (Å²) in [4.78, 5) is 17.2. The van der Waals surface area contributed by atoms with Crippen molar-refractivity contribution in [2.75, 3.05) is 33.1 Å². The van der Waals surface area contributed by atoms with Crippen LogP contribution in [0.2, 0.25) is 0 Å². The van der Waals surface area contributed by atoms with Crippen LogP contribution in [0.1, 0.15) is 10.4 Å². The number of hydrogen-bond donors (Lipinski definition) is 1. The molecule has 0 spiro atoms. The number of nitrogens with zero attached hydrogens (tertiary/aromatic N) is 3. The van der Waals surface area contributed by atoms with Crippen LogP contribution in [0.3, 0.4) is 0 Å². The fraction of sp³-hybridized carbons (Fsp3) is 0.250. The Morgan fingerprint density at radius 1 is 1.08 bits per heavy atom. The van der Waals surface area contributed by atoms with E-state index in [1.54, 1.807) is 23.2 Å². The van der Waals surface area contributed by atoms with Crippen LogP contribution in [0.5, 0.6) is 0 Å². The standard InChI is InChI=1S/C16H19N3O4S/c1-18(2)15-10-11(7-8-17-15)13-6-5-12(16(20)21)9-14(13)24(22,23)19(3)4/h5-10H,1-4H3,(H,20,21). The van der Waals surface area contributed by atoms with Gasteiger partial charge in [0.2, 0.25) is 10.0 Å². The Morgan fingerprint density at radius 3 is 2.29 bits per heavy atom. The second-order valence-corrected chi connectivity index (χ2v) is 7.72. The molecule has 7 nitrogen and oxygen atoms in total. The maximum Gasteiger partial charge on any atom is 0.335 e. The summed E-state index contributed by atoms with van der Waals surface area (Å²) in [6.07, 6.45) is 1.59. The molecule has 1 heterocycles. The normalized spacial score (nSPS) is 11.5. The van der Waals surface area contributed by atoms with Crippen molar-refractivity contribution in [3.05, 3.63) is 42.1 Å². The van der Waals surface area contributed by atoms with Gasteiger partial charge in [-0.2, -0.15) is 0 Å². The zero-order valence-electron chi connectivity index (χ0n) is 13.9. The first-order chi connectivity index (χ1) is 11.1. The van der Waals surface area contributed by atoms with Gasteiger partial charge in [-0.15, -0.1) is 0 Å². The highest BCUT2D eigenvalue weighted by atomic mass is 32.2. The van der Waals surface area contributed by atoms with Gasteiger partial charge in [-0.25, -0.2) is 22.5 Å². The number of hydrogen-bond acceptors (Lipinski definition) is 5. The number of carboxylic acids is 1. The maximum absolute atomic E-state index is 12.6. The first-order valence-corrected chi connectivity index (χ1v) is 8.52. The van der Waals surface area contributed by atoms with Crippen LogP contribution < -0.4 is 4.90 Å². The number of rotatable bonds is 5. The lowest BCUT2D eigenvalue weighted by Crippen LogP contribution is -2.23. The molecule has 128 valence electrons. The molecule has 8 heteroatoms. The summed E-state index contributed by atoms with van der Waals surface area (Å²) in [5.74, 6) is -0.511. The lowest BCUT2D eigenvalue weighted by atomic mass is 10.0. The Morgan fingerprint density at radius 2 is 1.75 bits per heavy atom. The highest BCUT2D eigenvalue weighted by Gasteiger charge is 2.24. The Hall–Kier alpha value is -2.45. The lowest BCUT2D eigenvalue weighted by molar-refractivity contribution is 0.0696. The summed E-state index contributed by atoms with van der Waals surface area (Å²) in [6, 6.07) is 7.53. The molecule has 0 bridgehead atoms. The SMILES string of the molecule is CN(C)c1cc(-c2ccc(C(=O)O)cc2S(=O)(=O)N(C)C)ccn1. The van der Waals surface area contributed by atoms with Gasteiger partial charge >= 0.3 is 5.97 Å². The number of carboxylic acid groups (broad SMARTS) is 1. The van der Waals surface area contributed by atoms with Crippen molar-refractivity contribution in [2.45, 2.75) is 4.90 Å². The highest BCUT2D eigenvalue weighted by molar-refractivity contribution is 7.89. The van der Waals surface area contributed by atoms with Crippen molar-refractivity contribution in [2.24, 2.45) is 0 Å². The summed E-state index contributed by atoms with van der Waals surface area (Å²) in [5, 5.41) is 9.17. The minimum atomic E-state index is -3.81. The van der Waals surface area contributed by atoms with E-state index in [1.807, 2.05) is 14.1 Å². The smallest absolute Gasteiger partial charge is 0.335 e. The fourth-order valence-electron chi connectivity index (χ4n) is 2.13. The zero-order valence-corrected chi connectivity index (χ0v) is 14.7. The molecule has 2 aromatic rings. The van der Waals surface area contributed by atoms with Gasteiger partial charge in [-0.3, -0.25) is 0 Å². The second-order valence-electron chi connectivity index (χ2n) is 5.60. The van der Waals surface area contributed by atoms with E-state index in [4.69, 9.17) is 5.11 Å². The van der Waals surface area contributed by atoms with Crippen molar-refractivity contribution in [3.8, 4) is 11.1 Å². The monoisotopic (exact) mass is 349 g/mol. The number of carbonyl (C=O) groups is 1. The van der Waals surface area contributed by atoms with Crippen molar-refractivity contribution in [1.29, 1.82) is 0 Å². The summed E-state index contributed by atoms with van der Waals surface area (Å²) in [5.41, 5.74) is 0.992. The number of sulfonamides is 1. The minimum absolute atomic E-state index is 0.0525. The number of benzene rings is 1. The summed E-state index contributed by atoms with van der Waals surface area (Å²) in [7, 11) is 2.67. The average Bonchev–Trinajstić information content (AvgIpc) is 2.54. The molecular weight excluding hydrogens is 330 g/mol. The molecule has 0 amide bonds. The molecule has 1 aromatic heterocycles. The molecule has 0 saturated carbocycles. The minimum Gasteiger partial charge on any atom is -0.478 e. The molecule has 0 atom stereocenters. The second kappa shape index (κ2) is 6.58. The Kier molecular flexibility index (Phi) is 4.91. The first kappa shape index (κ1) is 17.9. The molecule has 1 N–H and O–H groups in total. The third-order valence-corrected chi connectivity index (χ3v) is 5.36. The van der Waals surface area contributed by atoms with E-state index >= 15 is 0 Å². The van der Waals surface area contributed by atoms with Crippen molar-refractivity contribution >= 4 is 21.8 Å². The van der Waals surface area contributed by atoms with E-state index in [1.165, 1.54) is 32.3 Å². The highest BCUT2D eigenvalue weighted by Crippen LogP contribution is 2.31. The van der Waals surface area contributed by atoms with Crippen LogP contribution in [0.25, 0.3) is 11.1 Å². The van der Waals surface area contributed by atoms with Gasteiger partial charge in [0.25, 0.3) is 0 Å². The Bertz CT molecular complexity index is 877. The number of aromatic carboxylic acids is 1. The molecule has 0 aliphatic heterocycles. The van der Waals surface area contributed by atoms with E-state index in [0.717, 1.165) is 4.31 Å². The predicted molar refractivity (Wildman–Crippen MR) is 91.8 cm³/mol. The zero-order chi connectivity index (χ0) is 18.1. The molecule has 0 fully saturated rings. The summed E-state index contributed by atoms with van der Waals surface area (Å²) < 4.78 is 26.3. The van der Waals surface area contributed by atoms with Crippen molar-refractivity contribution in [1.82, 2.24) is 9.29 Å². The molecule has 0 aliphatic carbocycles. The topological polar surface area (TPSA) is 90.8 Å². The van der Waals surface area contributed by atoms with Crippen LogP contribution in [-0.4, -0.2) is 57.0 Å². The van der Waals surface area contributed by atoms with Crippen LogP contribution in [0, 0.1) is 0 Å². The number of aromatic nitrogens is 1. The lowest BCUT2D eigenvalue weighted by Gasteiger charge is -2.17. The quantitative estimate of drug-likeness (QED) is 0.884. The van der Waals surface area contributed by atoms with Crippen molar-refractivity contribution < 1.29 is 18.3 Å². The average molecular weight is 349 g/mol. The van der Waals surface area contributed by atoms with Gasteiger partial charge in [0, 0.05) is 40.0 Å². The maximum atomic E-state index is 12.6. The van der Waals surface area contributed by atoms with Gasteiger partial charge in [0.15, 0.2) is 0 Å². The molecule has 0 saturated heterocycles. The molecule has 0 unspecified atom stereocenters. The molecular formula is C16H19N3O4S. The van der Waals surface area contributed by atoms with Crippen LogP contribution in [-0.2, 0) is 10.0 Å². The number of pyridine rings is 1. The van der Waals surface area contributed by atoms with Crippen LogP contribution in [0.4, 0.5) is 5.82 Å². The van der Waals surface area contributed by atoms with Crippen LogP contribution >= 0.6 is 0 Å². The van der Waals surface area contributed by atoms with Gasteiger partial charge in [-0.05, 0) is 29.8 Å². The largest absolute Gasteiger partial charge is 0.478 e. The third-order valence-electron chi connectivity index (χ3n) is 3.50. The van der Waals surface area contributed by atoms with E-state index < -0.39 is 16.0 Å². The van der Waals surface area contributed by atoms with Crippen molar-refractivity contribution in [3.63, 3.8) is 0 Å². The summed E-state index contributed by atoms with van der Waals surface area (Å²) >= 11 is 0. The van der Waals surface area contributed by atoms with Gasteiger partial charge < -0.3 is 10.0 Å². The van der Waals surface area contributed by atoms with E-state index in [0.29, 0.717) is 16.9 Å². The molecule has 1 aromatic carbocycles. The van der Waals surface area contributed by atoms with Gasteiger partial charge in [-0.1, -0.05) is 6.07 Å². The third kappa shape index (κ3) is 3.39. The summed E-state index contributed by atoms with van der Waals surface area (Å²) in [6.45, 7) is 0. The van der Waals surface area contributed by atoms with E-state index in [-0.39, 0.29) is 10.5 Å². The van der Waals surface area contributed by atoms with Gasteiger partial charge in [0.05, 0.1) is 10.5 Å². The fourth-order valence-corrected chi connectivity index (χ4v) is 3.27. The predicted octanol–water partition coefficient (Wildman–Crippen LogP) is 1.76. The van der Waals surface area contributed by atoms with E-state index in [2.05, 4.69) is 4.98 Å². The molecule has 0 aliphatic rings. The molecule has 2 rings (SSSR count). The molecule has 24 heavy (non-hydrogen) atoms. The van der Waals surface area contributed by atoms with Crippen LogP contribution in [0.15, 0.2) is 41.4 Å². The Balaban J connectivity index is 2.75.